The standard InChI is InChI=1S/C8H9F/c1-6-3-4-8(9)5-7(6)2/h3-5H,1-2H3/i9-1. The van der Waals surface area contributed by atoms with Crippen LogP contribution in [0.2, 0.25) is 0 Å². The molecule has 0 aliphatic carbocycles. The van der Waals surface area contributed by atoms with E-state index in [1.165, 1.54) is 12.1 Å². The summed E-state index contributed by atoms with van der Waals surface area (Å²) in [5, 5.41) is 0. The number of halogens is 1. The lowest BCUT2D eigenvalue weighted by molar-refractivity contribution is 0.626. The van der Waals surface area contributed by atoms with Crippen molar-refractivity contribution >= 4 is 0 Å². The van der Waals surface area contributed by atoms with Gasteiger partial charge in [-0.25, -0.2) is 4.39 Å². The van der Waals surface area contributed by atoms with Crippen molar-refractivity contribution in [3.63, 3.8) is 0 Å². The molecule has 0 saturated heterocycles. The molecule has 0 unspecified atom stereocenters. The molecule has 1 aromatic rings. The van der Waals surface area contributed by atoms with E-state index in [9.17, 15) is 4.39 Å². The van der Waals surface area contributed by atoms with Gasteiger partial charge in [-0.1, -0.05) is 6.07 Å². The maximum Gasteiger partial charge on any atom is 0.123 e. The molecule has 0 heterocycles. The summed E-state index contributed by atoms with van der Waals surface area (Å²) >= 11 is 0. The van der Waals surface area contributed by atoms with Gasteiger partial charge in [0.05, 0.1) is 0 Å². The molecule has 0 nitrogen and oxygen atoms in total. The van der Waals surface area contributed by atoms with Gasteiger partial charge in [0.25, 0.3) is 0 Å². The summed E-state index contributed by atoms with van der Waals surface area (Å²) < 4.78 is 12.3. The third kappa shape index (κ3) is 1.28. The predicted molar refractivity (Wildman–Crippen MR) is 35.9 cm³/mol. The van der Waals surface area contributed by atoms with Gasteiger partial charge in [-0.05, 0) is 37.1 Å². The van der Waals surface area contributed by atoms with E-state index in [2.05, 4.69) is 0 Å². The van der Waals surface area contributed by atoms with Crippen molar-refractivity contribution in [1.82, 2.24) is 0 Å². The third-order valence-electron chi connectivity index (χ3n) is 1.47. The van der Waals surface area contributed by atoms with Crippen molar-refractivity contribution < 1.29 is 4.39 Å². The largest absolute Gasteiger partial charge is 0.207 e. The van der Waals surface area contributed by atoms with Crippen LogP contribution >= 0.6 is 0 Å². The maximum atomic E-state index is 12.3. The Bertz CT molecular complexity index is 216. The zero-order valence-electron chi connectivity index (χ0n) is 5.61. The highest BCUT2D eigenvalue weighted by molar-refractivity contribution is 5.24. The normalized spacial score (nSPS) is 9.67. The molecule has 48 valence electrons. The number of rotatable bonds is 0. The fraction of sp³-hybridized carbons (Fsp3) is 0.250. The van der Waals surface area contributed by atoms with E-state index in [1.807, 2.05) is 13.8 Å². The lowest BCUT2D eigenvalue weighted by Gasteiger charge is -1.96. The summed E-state index contributed by atoms with van der Waals surface area (Å²) in [6, 6.07) is 4.79. The molecule has 0 bridgehead atoms. The molecule has 0 radical (unpaired) electrons. The maximum absolute atomic E-state index is 12.3. The summed E-state index contributed by atoms with van der Waals surface area (Å²) in [6.45, 7) is 3.87. The average molecular weight is 123 g/mol. The quantitative estimate of drug-likeness (QED) is 0.497. The minimum absolute atomic E-state index is 0.155. The van der Waals surface area contributed by atoms with Crippen LogP contribution in [-0.2, 0) is 0 Å². The van der Waals surface area contributed by atoms with Crippen molar-refractivity contribution in [1.29, 1.82) is 0 Å². The molecule has 0 aliphatic rings. The highest BCUT2D eigenvalue weighted by atomic mass is 18.2. The second-order valence-electron chi connectivity index (χ2n) is 2.23. The molecule has 9 heavy (non-hydrogen) atoms. The minimum Gasteiger partial charge on any atom is -0.207 e. The zero-order chi connectivity index (χ0) is 6.85. The first kappa shape index (κ1) is 6.27. The molecule has 0 amide bonds. The smallest absolute Gasteiger partial charge is 0.123 e. The van der Waals surface area contributed by atoms with E-state index in [0.29, 0.717) is 0 Å². The van der Waals surface area contributed by atoms with Crippen LogP contribution in [0.4, 0.5) is 4.39 Å². The summed E-state index contributed by atoms with van der Waals surface area (Å²) in [6.07, 6.45) is 0. The van der Waals surface area contributed by atoms with E-state index in [1.54, 1.807) is 6.07 Å². The second-order valence-corrected chi connectivity index (χ2v) is 2.23. The van der Waals surface area contributed by atoms with Crippen molar-refractivity contribution in [2.45, 2.75) is 13.8 Å². The predicted octanol–water partition coefficient (Wildman–Crippen LogP) is 2.44. The molecular weight excluding hydrogens is 114 g/mol. The number of benzene rings is 1. The zero-order valence-corrected chi connectivity index (χ0v) is 5.61. The Kier molecular flexibility index (Phi) is 1.52. The molecule has 0 saturated carbocycles. The molecule has 1 aromatic carbocycles. The van der Waals surface area contributed by atoms with Gasteiger partial charge in [-0.2, -0.15) is 0 Å². The lowest BCUT2D eigenvalue weighted by atomic mass is 10.1. The van der Waals surface area contributed by atoms with Gasteiger partial charge in [0.2, 0.25) is 0 Å². The fourth-order valence-corrected chi connectivity index (χ4v) is 0.705. The summed E-state index contributed by atoms with van der Waals surface area (Å²) in [4.78, 5) is 0. The first-order valence-corrected chi connectivity index (χ1v) is 2.93. The molecule has 1 heteroatoms. The van der Waals surface area contributed by atoms with Crippen molar-refractivity contribution in [2.75, 3.05) is 0 Å². The molecule has 0 aliphatic heterocycles. The number of hydrogen-bond acceptors (Lipinski definition) is 0. The molecular formula is C8H9F. The Morgan fingerprint density at radius 3 is 2.22 bits per heavy atom. The second kappa shape index (κ2) is 2.18. The Hall–Kier alpha value is -0.850. The first-order chi connectivity index (χ1) is 4.20. The Labute approximate surface area is 54.3 Å². The highest BCUT2D eigenvalue weighted by Gasteiger charge is 1.91. The fourth-order valence-electron chi connectivity index (χ4n) is 0.705. The van der Waals surface area contributed by atoms with Crippen LogP contribution in [0.1, 0.15) is 11.1 Å². The van der Waals surface area contributed by atoms with Gasteiger partial charge < -0.3 is 0 Å². The van der Waals surface area contributed by atoms with Gasteiger partial charge in [-0.3, -0.25) is 0 Å². The lowest BCUT2D eigenvalue weighted by Crippen LogP contribution is -1.80. The van der Waals surface area contributed by atoms with E-state index < -0.39 is 0 Å². The number of aryl methyl sites for hydroxylation is 2. The number of hydrogen-bond donors (Lipinski definition) is 0. The van der Waals surface area contributed by atoms with Crippen molar-refractivity contribution in [3.8, 4) is 0 Å². The summed E-state index contributed by atoms with van der Waals surface area (Å²) in [7, 11) is 0. The highest BCUT2D eigenvalue weighted by Crippen LogP contribution is 2.07. The van der Waals surface area contributed by atoms with Gasteiger partial charge in [0, 0.05) is 0 Å². The molecule has 0 fully saturated rings. The third-order valence-corrected chi connectivity index (χ3v) is 1.47. The van der Waals surface area contributed by atoms with Gasteiger partial charge in [0.1, 0.15) is 5.82 Å². The Morgan fingerprint density at radius 1 is 1.11 bits per heavy atom. The monoisotopic (exact) mass is 123 g/mol. The molecule has 0 atom stereocenters. The van der Waals surface area contributed by atoms with Gasteiger partial charge in [-0.15, -0.1) is 0 Å². The summed E-state index contributed by atoms with van der Waals surface area (Å²) in [5.74, 6) is -0.155. The van der Waals surface area contributed by atoms with Crippen LogP contribution in [0.25, 0.3) is 0 Å². The SMILES string of the molecule is Cc1ccc([18F])cc1C. The molecule has 0 aromatic heterocycles. The van der Waals surface area contributed by atoms with Crippen LogP contribution < -0.4 is 0 Å². The van der Waals surface area contributed by atoms with Crippen molar-refractivity contribution in [2.24, 2.45) is 0 Å². The van der Waals surface area contributed by atoms with E-state index >= 15 is 0 Å². The molecule has 1 rings (SSSR count). The summed E-state index contributed by atoms with van der Waals surface area (Å²) in [5.41, 5.74) is 2.14. The van der Waals surface area contributed by atoms with Crippen LogP contribution in [0.3, 0.4) is 0 Å². The average Bonchev–Trinajstić information content (AvgIpc) is 1.80. The topological polar surface area (TPSA) is 0 Å². The minimum atomic E-state index is -0.155. The van der Waals surface area contributed by atoms with Crippen LogP contribution in [0.5, 0.6) is 0 Å². The Morgan fingerprint density at radius 2 is 1.78 bits per heavy atom. The van der Waals surface area contributed by atoms with E-state index in [-0.39, 0.29) is 5.82 Å². The van der Waals surface area contributed by atoms with Crippen LogP contribution in [0.15, 0.2) is 18.2 Å². The van der Waals surface area contributed by atoms with Crippen LogP contribution in [0, 0.1) is 19.7 Å². The molecule has 0 spiro atoms. The van der Waals surface area contributed by atoms with Crippen LogP contribution in [-0.4, -0.2) is 0 Å². The van der Waals surface area contributed by atoms with Gasteiger partial charge >= 0.3 is 0 Å². The molecule has 0 N–H and O–H groups in total. The van der Waals surface area contributed by atoms with E-state index in [0.717, 1.165) is 11.1 Å². The van der Waals surface area contributed by atoms with Crippen molar-refractivity contribution in [3.05, 3.63) is 35.1 Å². The van der Waals surface area contributed by atoms with E-state index in [4.69, 9.17) is 0 Å². The Balaban J connectivity index is 3.17. The first-order valence-electron chi connectivity index (χ1n) is 2.93. The van der Waals surface area contributed by atoms with Gasteiger partial charge in [0.15, 0.2) is 0 Å².